The number of carbonyl (C=O) groups excluding carboxylic acids is 2. The first-order chi connectivity index (χ1) is 12.1. The minimum Gasteiger partial charge on any atom is -0.481 e. The molecular formula is C17H29N3O5. The third-order valence-corrected chi connectivity index (χ3v) is 4.75. The maximum atomic E-state index is 12.3. The van der Waals surface area contributed by atoms with Gasteiger partial charge in [0.25, 0.3) is 0 Å². The largest absolute Gasteiger partial charge is 0.481 e. The molecule has 0 aromatic carbocycles. The van der Waals surface area contributed by atoms with Crippen molar-refractivity contribution in [1.82, 2.24) is 15.5 Å². The first-order valence-electron chi connectivity index (χ1n) is 9.19. The number of nitrogens with one attached hydrogen (secondary N) is 2. The zero-order valence-electron chi connectivity index (χ0n) is 14.7. The summed E-state index contributed by atoms with van der Waals surface area (Å²) < 4.78 is 5.27. The number of nitrogens with zero attached hydrogens (tertiary/aromatic N) is 1. The maximum absolute atomic E-state index is 12.3. The first-order valence-corrected chi connectivity index (χ1v) is 9.19. The molecule has 1 aliphatic heterocycles. The van der Waals surface area contributed by atoms with Gasteiger partial charge in [0.05, 0.1) is 25.7 Å². The van der Waals surface area contributed by atoms with Crippen molar-refractivity contribution in [3.05, 3.63) is 0 Å². The Hall–Kier alpha value is -1.83. The summed E-state index contributed by atoms with van der Waals surface area (Å²) in [5, 5.41) is 14.7. The normalized spacial score (nSPS) is 21.6. The van der Waals surface area contributed by atoms with Crippen molar-refractivity contribution in [1.29, 1.82) is 0 Å². The van der Waals surface area contributed by atoms with E-state index in [0.717, 1.165) is 25.7 Å². The van der Waals surface area contributed by atoms with Gasteiger partial charge in [-0.3, -0.25) is 9.59 Å². The van der Waals surface area contributed by atoms with Crippen molar-refractivity contribution in [2.45, 2.75) is 63.5 Å². The standard InChI is InChI=1S/C17H29N3O5/c21-15(20-9-10-25-12-14(20)11-16(22)23)7-4-8-18-17(24)19-13-5-2-1-3-6-13/h13-14H,1-12H2,(H,22,23)(H2,18,19,24). The van der Waals surface area contributed by atoms with Crippen LogP contribution < -0.4 is 10.6 Å². The number of hydrogen-bond donors (Lipinski definition) is 3. The molecule has 2 aliphatic rings. The summed E-state index contributed by atoms with van der Waals surface area (Å²) in [7, 11) is 0. The van der Waals surface area contributed by atoms with Crippen LogP contribution in [0.15, 0.2) is 0 Å². The molecule has 0 spiro atoms. The van der Waals surface area contributed by atoms with Crippen molar-refractivity contribution in [2.75, 3.05) is 26.3 Å². The van der Waals surface area contributed by atoms with Gasteiger partial charge in [-0.15, -0.1) is 0 Å². The number of rotatable bonds is 7. The lowest BCUT2D eigenvalue weighted by atomic mass is 9.96. The summed E-state index contributed by atoms with van der Waals surface area (Å²) in [6.45, 7) is 1.55. The third-order valence-electron chi connectivity index (χ3n) is 4.75. The lowest BCUT2D eigenvalue weighted by Crippen LogP contribution is -2.49. The van der Waals surface area contributed by atoms with Crippen LogP contribution in [-0.2, 0) is 14.3 Å². The van der Waals surface area contributed by atoms with Gasteiger partial charge in [-0.1, -0.05) is 19.3 Å². The summed E-state index contributed by atoms with van der Waals surface area (Å²) in [6, 6.07) is -0.309. The third kappa shape index (κ3) is 6.89. The van der Waals surface area contributed by atoms with E-state index in [2.05, 4.69) is 10.6 Å². The van der Waals surface area contributed by atoms with E-state index in [4.69, 9.17) is 9.84 Å². The summed E-state index contributed by atoms with van der Waals surface area (Å²) in [5.41, 5.74) is 0. The number of hydrogen-bond acceptors (Lipinski definition) is 4. The molecule has 1 heterocycles. The SMILES string of the molecule is O=C(O)CC1COCCN1C(=O)CCCNC(=O)NC1CCCCC1. The Labute approximate surface area is 148 Å². The average molecular weight is 355 g/mol. The van der Waals surface area contributed by atoms with Gasteiger partial charge in [0, 0.05) is 25.6 Å². The quantitative estimate of drug-likeness (QED) is 0.593. The molecule has 0 bridgehead atoms. The zero-order valence-corrected chi connectivity index (χ0v) is 14.7. The maximum Gasteiger partial charge on any atom is 0.315 e. The minimum atomic E-state index is -0.936. The highest BCUT2D eigenvalue weighted by molar-refractivity contribution is 5.78. The molecule has 0 radical (unpaired) electrons. The molecule has 0 aromatic rings. The second-order valence-electron chi connectivity index (χ2n) is 6.75. The van der Waals surface area contributed by atoms with E-state index in [1.165, 1.54) is 6.42 Å². The Morgan fingerprint density at radius 1 is 1.16 bits per heavy atom. The van der Waals surface area contributed by atoms with Gasteiger partial charge < -0.3 is 25.4 Å². The van der Waals surface area contributed by atoms with Crippen LogP contribution in [0.4, 0.5) is 4.79 Å². The van der Waals surface area contributed by atoms with Gasteiger partial charge in [0.15, 0.2) is 0 Å². The summed E-state index contributed by atoms with van der Waals surface area (Å²) in [6.07, 6.45) is 6.36. The Morgan fingerprint density at radius 2 is 1.92 bits per heavy atom. The number of aliphatic carboxylic acids is 1. The van der Waals surface area contributed by atoms with Gasteiger partial charge >= 0.3 is 12.0 Å². The summed E-state index contributed by atoms with van der Waals surface area (Å²) in [5.74, 6) is -1.02. The molecular weight excluding hydrogens is 326 g/mol. The molecule has 8 heteroatoms. The van der Waals surface area contributed by atoms with Crippen LogP contribution in [-0.4, -0.2) is 66.3 Å². The lowest BCUT2D eigenvalue weighted by molar-refractivity contribution is -0.146. The summed E-state index contributed by atoms with van der Waals surface area (Å²) in [4.78, 5) is 36.6. The number of morpholine rings is 1. The van der Waals surface area contributed by atoms with Gasteiger partial charge in [-0.2, -0.15) is 0 Å². The van der Waals surface area contributed by atoms with E-state index in [1.54, 1.807) is 4.90 Å². The van der Waals surface area contributed by atoms with E-state index < -0.39 is 12.0 Å². The van der Waals surface area contributed by atoms with Gasteiger partial charge in [-0.25, -0.2) is 4.79 Å². The second-order valence-corrected chi connectivity index (χ2v) is 6.75. The van der Waals surface area contributed by atoms with E-state index in [0.29, 0.717) is 32.5 Å². The van der Waals surface area contributed by atoms with E-state index in [9.17, 15) is 14.4 Å². The van der Waals surface area contributed by atoms with Crippen LogP contribution in [0.5, 0.6) is 0 Å². The molecule has 3 amide bonds. The predicted molar refractivity (Wildman–Crippen MR) is 91.2 cm³/mol. The van der Waals surface area contributed by atoms with Crippen LogP contribution in [0.25, 0.3) is 0 Å². The zero-order chi connectivity index (χ0) is 18.1. The highest BCUT2D eigenvalue weighted by Gasteiger charge is 2.28. The van der Waals surface area contributed by atoms with E-state index >= 15 is 0 Å². The lowest BCUT2D eigenvalue weighted by Gasteiger charge is -2.35. The number of amides is 3. The van der Waals surface area contributed by atoms with Gasteiger partial charge in [-0.05, 0) is 19.3 Å². The topological polar surface area (TPSA) is 108 Å². The Morgan fingerprint density at radius 3 is 2.64 bits per heavy atom. The highest BCUT2D eigenvalue weighted by atomic mass is 16.5. The van der Waals surface area contributed by atoms with Crippen molar-refractivity contribution in [3.63, 3.8) is 0 Å². The smallest absolute Gasteiger partial charge is 0.315 e. The van der Waals surface area contributed by atoms with Crippen molar-refractivity contribution in [3.8, 4) is 0 Å². The Balaban J connectivity index is 1.63. The van der Waals surface area contributed by atoms with Crippen LogP contribution in [0.2, 0.25) is 0 Å². The van der Waals surface area contributed by atoms with Crippen LogP contribution >= 0.6 is 0 Å². The molecule has 25 heavy (non-hydrogen) atoms. The molecule has 1 aliphatic carbocycles. The molecule has 1 atom stereocenters. The fourth-order valence-corrected chi connectivity index (χ4v) is 3.42. The molecule has 1 saturated carbocycles. The minimum absolute atomic E-state index is 0.0796. The van der Waals surface area contributed by atoms with Crippen LogP contribution in [0, 0.1) is 0 Å². The number of carbonyl (C=O) groups is 3. The molecule has 2 fully saturated rings. The summed E-state index contributed by atoms with van der Waals surface area (Å²) >= 11 is 0. The number of urea groups is 1. The molecule has 0 aromatic heterocycles. The van der Waals surface area contributed by atoms with E-state index in [1.807, 2.05) is 0 Å². The predicted octanol–water partition coefficient (Wildman–Crippen LogP) is 1.10. The molecule has 142 valence electrons. The molecule has 8 nitrogen and oxygen atoms in total. The fraction of sp³-hybridized carbons (Fsp3) is 0.824. The monoisotopic (exact) mass is 355 g/mol. The first kappa shape index (κ1) is 19.5. The number of carboxylic acids is 1. The average Bonchev–Trinajstić information content (AvgIpc) is 2.59. The van der Waals surface area contributed by atoms with E-state index in [-0.39, 0.29) is 31.0 Å². The van der Waals surface area contributed by atoms with Gasteiger partial charge in [0.2, 0.25) is 5.91 Å². The second kappa shape index (κ2) is 10.2. The van der Waals surface area contributed by atoms with Crippen LogP contribution in [0.3, 0.4) is 0 Å². The Bertz CT molecular complexity index is 465. The van der Waals surface area contributed by atoms with Crippen molar-refractivity contribution >= 4 is 17.9 Å². The molecule has 3 N–H and O–H groups in total. The van der Waals surface area contributed by atoms with Crippen LogP contribution in [0.1, 0.15) is 51.4 Å². The van der Waals surface area contributed by atoms with Crippen molar-refractivity contribution in [2.24, 2.45) is 0 Å². The number of carboxylic acid groups (broad SMARTS) is 1. The molecule has 2 rings (SSSR count). The molecule has 1 unspecified atom stereocenters. The highest BCUT2D eigenvalue weighted by Crippen LogP contribution is 2.17. The fourth-order valence-electron chi connectivity index (χ4n) is 3.42. The number of ether oxygens (including phenoxy) is 1. The molecule has 1 saturated heterocycles. The van der Waals surface area contributed by atoms with Gasteiger partial charge in [0.1, 0.15) is 0 Å². The van der Waals surface area contributed by atoms with Crippen molar-refractivity contribution < 1.29 is 24.2 Å². The Kier molecular flexibility index (Phi) is 7.97.